The Morgan fingerprint density at radius 3 is 2.52 bits per heavy atom. The fraction of sp³-hybridized carbons (Fsp3) is 0.412. The van der Waals surface area contributed by atoms with E-state index in [1.807, 2.05) is 23.3 Å². The molecule has 0 aliphatic carbocycles. The summed E-state index contributed by atoms with van der Waals surface area (Å²) in [4.78, 5) is 1.46. The van der Waals surface area contributed by atoms with Gasteiger partial charge in [-0.1, -0.05) is 29.8 Å². The molecular weight excluding hydrogens is 314 g/mol. The molecule has 3 rings (SSSR count). The van der Waals surface area contributed by atoms with Crippen molar-refractivity contribution in [3.8, 4) is 0 Å². The first-order valence-corrected chi connectivity index (χ1v) is 10.1. The number of hydrogen-bond donors (Lipinski definition) is 0. The van der Waals surface area contributed by atoms with Crippen LogP contribution in [-0.2, 0) is 6.42 Å². The first-order chi connectivity index (χ1) is 10.2. The lowest BCUT2D eigenvalue weighted by Gasteiger charge is -2.23. The van der Waals surface area contributed by atoms with Crippen molar-refractivity contribution in [2.45, 2.75) is 24.5 Å². The largest absolute Gasteiger partial charge is 0.244 e. The number of thioether (sulfide) groups is 1. The molecule has 1 fully saturated rings. The van der Waals surface area contributed by atoms with Crippen LogP contribution in [0.25, 0.3) is 0 Å². The molecule has 0 unspecified atom stereocenters. The molecule has 112 valence electrons. The molecule has 1 nitrogen and oxygen atoms in total. The monoisotopic (exact) mass is 335 g/mol. The van der Waals surface area contributed by atoms with Crippen LogP contribution in [0.4, 0.5) is 0 Å². The van der Waals surface area contributed by atoms with Crippen LogP contribution in [0.5, 0.6) is 0 Å². The molecule has 0 spiro atoms. The van der Waals surface area contributed by atoms with E-state index >= 15 is 0 Å². The Labute approximate surface area is 140 Å². The third-order valence-corrected chi connectivity index (χ3v) is 6.93. The highest BCUT2D eigenvalue weighted by atomic mass is 32.2. The molecule has 0 radical (unpaired) electrons. The van der Waals surface area contributed by atoms with Crippen LogP contribution >= 0.6 is 35.0 Å². The Hall–Kier alpha value is -0.420. The number of rotatable bonds is 4. The molecule has 4 heteroatoms. The van der Waals surface area contributed by atoms with Gasteiger partial charge >= 0.3 is 0 Å². The van der Waals surface area contributed by atoms with Crippen LogP contribution in [0.2, 0.25) is 0 Å². The molecule has 1 aliphatic heterocycles. The van der Waals surface area contributed by atoms with Gasteiger partial charge in [0.1, 0.15) is 0 Å². The minimum atomic E-state index is 1.05. The third-order valence-electron chi connectivity index (χ3n) is 3.70. The van der Waals surface area contributed by atoms with Gasteiger partial charge in [0.25, 0.3) is 0 Å². The Bertz CT molecular complexity index is 583. The van der Waals surface area contributed by atoms with Crippen molar-refractivity contribution in [3.05, 3.63) is 51.9 Å². The van der Waals surface area contributed by atoms with Crippen LogP contribution in [0.15, 0.2) is 34.5 Å². The predicted molar refractivity (Wildman–Crippen MR) is 97.8 cm³/mol. The van der Waals surface area contributed by atoms with Crippen LogP contribution in [0.1, 0.15) is 21.6 Å². The summed E-state index contributed by atoms with van der Waals surface area (Å²) in [5, 5.41) is 0. The van der Waals surface area contributed by atoms with E-state index < -0.39 is 0 Å². The van der Waals surface area contributed by atoms with E-state index in [4.69, 9.17) is 0 Å². The van der Waals surface area contributed by atoms with Crippen molar-refractivity contribution < 1.29 is 0 Å². The van der Waals surface area contributed by atoms with E-state index in [2.05, 4.69) is 60.2 Å². The molecule has 1 aromatic heterocycles. The first kappa shape index (κ1) is 15.5. The first-order valence-electron chi connectivity index (χ1n) is 7.36. The van der Waals surface area contributed by atoms with Crippen molar-refractivity contribution >= 4 is 35.0 Å². The molecule has 0 bridgehead atoms. The van der Waals surface area contributed by atoms with Crippen molar-refractivity contribution in [1.29, 1.82) is 0 Å². The van der Waals surface area contributed by atoms with Gasteiger partial charge in [-0.25, -0.2) is 4.31 Å². The van der Waals surface area contributed by atoms with E-state index in [9.17, 15) is 0 Å². The van der Waals surface area contributed by atoms with Crippen molar-refractivity contribution in [1.82, 2.24) is 4.31 Å². The fourth-order valence-electron chi connectivity index (χ4n) is 2.40. The summed E-state index contributed by atoms with van der Waals surface area (Å²) in [6, 6.07) is 11.3. The van der Waals surface area contributed by atoms with Gasteiger partial charge in [0.2, 0.25) is 0 Å². The zero-order valence-electron chi connectivity index (χ0n) is 12.6. The summed E-state index contributed by atoms with van der Waals surface area (Å²) in [7, 11) is 0. The molecule has 1 aliphatic rings. The van der Waals surface area contributed by atoms with Crippen LogP contribution < -0.4 is 0 Å². The molecular formula is C17H21NS3. The Balaban J connectivity index is 1.67. The highest BCUT2D eigenvalue weighted by molar-refractivity contribution is 8.00. The minimum Gasteiger partial charge on any atom is -0.244 e. The van der Waals surface area contributed by atoms with Gasteiger partial charge in [-0.3, -0.25) is 0 Å². The SMILES string of the molecule is Cc1ccc(Cc2cc(SN3CCSCC3)sc2C)cc1. The third kappa shape index (κ3) is 4.28. The fourth-order valence-corrected chi connectivity index (χ4v) is 5.96. The molecule has 1 saturated heterocycles. The molecule has 1 aromatic carbocycles. The van der Waals surface area contributed by atoms with Gasteiger partial charge in [0.15, 0.2) is 0 Å². The van der Waals surface area contributed by atoms with Crippen molar-refractivity contribution in [2.24, 2.45) is 0 Å². The zero-order valence-corrected chi connectivity index (χ0v) is 15.0. The topological polar surface area (TPSA) is 3.24 Å². The van der Waals surface area contributed by atoms with E-state index in [-0.39, 0.29) is 0 Å². The summed E-state index contributed by atoms with van der Waals surface area (Å²) in [6.07, 6.45) is 1.05. The van der Waals surface area contributed by atoms with E-state index in [0.717, 1.165) is 6.42 Å². The van der Waals surface area contributed by atoms with Gasteiger partial charge in [-0.05, 0) is 49.4 Å². The Kier molecular flexibility index (Phi) is 5.33. The molecule has 0 N–H and O–H groups in total. The number of nitrogens with zero attached hydrogens (tertiary/aromatic N) is 1. The average molecular weight is 336 g/mol. The van der Waals surface area contributed by atoms with E-state index in [1.54, 1.807) is 0 Å². The van der Waals surface area contributed by atoms with Gasteiger partial charge in [-0.2, -0.15) is 11.8 Å². The van der Waals surface area contributed by atoms with Gasteiger partial charge in [-0.15, -0.1) is 11.3 Å². The highest BCUT2D eigenvalue weighted by Crippen LogP contribution is 2.34. The normalized spacial score (nSPS) is 16.3. The summed E-state index contributed by atoms with van der Waals surface area (Å²) in [5.41, 5.74) is 4.23. The zero-order chi connectivity index (χ0) is 14.7. The number of hydrogen-bond acceptors (Lipinski definition) is 4. The minimum absolute atomic E-state index is 1.05. The maximum absolute atomic E-state index is 2.51. The highest BCUT2D eigenvalue weighted by Gasteiger charge is 2.14. The van der Waals surface area contributed by atoms with E-state index in [0.29, 0.717) is 0 Å². The van der Waals surface area contributed by atoms with Gasteiger partial charge < -0.3 is 0 Å². The van der Waals surface area contributed by atoms with Crippen LogP contribution in [0.3, 0.4) is 0 Å². The summed E-state index contributed by atoms with van der Waals surface area (Å²) in [6.45, 7) is 6.81. The molecule has 2 aromatic rings. The maximum Gasteiger partial charge on any atom is 0.0759 e. The van der Waals surface area contributed by atoms with E-state index in [1.165, 1.54) is 50.4 Å². The lowest BCUT2D eigenvalue weighted by atomic mass is 10.0. The second-order valence-corrected chi connectivity index (χ2v) is 9.32. The number of thiophene rings is 1. The van der Waals surface area contributed by atoms with Crippen LogP contribution in [-0.4, -0.2) is 28.9 Å². The number of aryl methyl sites for hydroxylation is 2. The molecule has 21 heavy (non-hydrogen) atoms. The lowest BCUT2D eigenvalue weighted by Crippen LogP contribution is -2.25. The van der Waals surface area contributed by atoms with Gasteiger partial charge in [0.05, 0.1) is 4.21 Å². The molecule has 0 saturated carbocycles. The second-order valence-electron chi connectivity index (χ2n) is 5.44. The van der Waals surface area contributed by atoms with Crippen molar-refractivity contribution in [2.75, 3.05) is 24.6 Å². The van der Waals surface area contributed by atoms with Crippen LogP contribution in [0, 0.1) is 13.8 Å². The van der Waals surface area contributed by atoms with Gasteiger partial charge in [0, 0.05) is 29.5 Å². The Morgan fingerprint density at radius 2 is 1.81 bits per heavy atom. The molecule has 2 heterocycles. The molecule has 0 amide bonds. The summed E-state index contributed by atoms with van der Waals surface area (Å²) in [5.74, 6) is 2.54. The lowest BCUT2D eigenvalue weighted by molar-refractivity contribution is 0.522. The summed E-state index contributed by atoms with van der Waals surface area (Å²) >= 11 is 5.96. The number of benzene rings is 1. The predicted octanol–water partition coefficient (Wildman–Crippen LogP) is 5.01. The summed E-state index contributed by atoms with van der Waals surface area (Å²) < 4.78 is 3.96. The molecule has 0 atom stereocenters. The Morgan fingerprint density at radius 1 is 1.10 bits per heavy atom. The average Bonchev–Trinajstić information content (AvgIpc) is 2.82. The second kappa shape index (κ2) is 7.23. The standard InChI is InChI=1S/C17H21NS3/c1-13-3-5-15(6-4-13)11-16-12-17(20-14(16)2)21-18-7-9-19-10-8-18/h3-6,12H,7-11H2,1-2H3. The maximum atomic E-state index is 2.51. The smallest absolute Gasteiger partial charge is 0.0759 e. The van der Waals surface area contributed by atoms with Crippen molar-refractivity contribution in [3.63, 3.8) is 0 Å². The quantitative estimate of drug-likeness (QED) is 0.723.